The molecule has 2 rings (SSSR count). The summed E-state index contributed by atoms with van der Waals surface area (Å²) < 4.78 is 25.1. The van der Waals surface area contributed by atoms with Crippen LogP contribution in [0.25, 0.3) is 0 Å². The minimum Gasteiger partial charge on any atom is -0.316 e. The fourth-order valence-corrected chi connectivity index (χ4v) is 3.86. The zero-order chi connectivity index (χ0) is 15.5. The van der Waals surface area contributed by atoms with Crippen molar-refractivity contribution in [1.29, 1.82) is 0 Å². The molecule has 21 heavy (non-hydrogen) atoms. The third kappa shape index (κ3) is 4.02. The molecule has 1 aromatic rings. The molecular formula is C14H24N4O2S. The predicted molar refractivity (Wildman–Crippen MR) is 83.3 cm³/mol. The Morgan fingerprint density at radius 3 is 2.48 bits per heavy atom. The maximum absolute atomic E-state index is 12.6. The van der Waals surface area contributed by atoms with Crippen LogP contribution in [0.5, 0.6) is 0 Å². The van der Waals surface area contributed by atoms with Crippen molar-refractivity contribution in [3.8, 4) is 0 Å². The molecule has 0 spiro atoms. The van der Waals surface area contributed by atoms with Gasteiger partial charge in [0.05, 0.1) is 4.90 Å². The summed E-state index contributed by atoms with van der Waals surface area (Å²) in [6, 6.07) is 5.39. The number of rotatable bonds is 5. The summed E-state index contributed by atoms with van der Waals surface area (Å²) in [7, 11) is 0.370. The van der Waals surface area contributed by atoms with Gasteiger partial charge in [-0.05, 0) is 38.2 Å². The average molecular weight is 312 g/mol. The summed E-state index contributed by atoms with van der Waals surface area (Å²) >= 11 is 0. The number of nitrogens with zero attached hydrogens (tertiary/aromatic N) is 2. The van der Waals surface area contributed by atoms with Crippen LogP contribution in [0.1, 0.15) is 11.1 Å². The second-order valence-corrected chi connectivity index (χ2v) is 7.08. The lowest BCUT2D eigenvalue weighted by Crippen LogP contribution is -2.52. The molecule has 0 atom stereocenters. The minimum atomic E-state index is -3.52. The molecule has 0 unspecified atom stereocenters. The molecule has 1 aliphatic heterocycles. The highest BCUT2D eigenvalue weighted by atomic mass is 32.2. The van der Waals surface area contributed by atoms with Crippen LogP contribution < -0.4 is 10.1 Å². The molecule has 1 heterocycles. The number of hydrogen-bond donors (Lipinski definition) is 2. The topological polar surface area (TPSA) is 64.7 Å². The summed E-state index contributed by atoms with van der Waals surface area (Å²) in [5.74, 6) is 0. The van der Waals surface area contributed by atoms with Gasteiger partial charge >= 0.3 is 0 Å². The number of sulfonamides is 1. The fourth-order valence-electron chi connectivity index (χ4n) is 2.45. The van der Waals surface area contributed by atoms with Crippen LogP contribution in [-0.4, -0.2) is 58.6 Å². The third-order valence-corrected chi connectivity index (χ3v) is 5.33. The number of benzene rings is 1. The molecule has 0 aromatic heterocycles. The minimum absolute atomic E-state index is 0.356. The van der Waals surface area contributed by atoms with Crippen LogP contribution in [0.4, 0.5) is 0 Å². The van der Waals surface area contributed by atoms with Gasteiger partial charge in [-0.25, -0.2) is 13.4 Å². The van der Waals surface area contributed by atoms with Crippen molar-refractivity contribution < 1.29 is 8.42 Å². The first kappa shape index (κ1) is 16.4. The number of likely N-dealkylation sites (N-methyl/N-ethyl adjacent to an activating group) is 1. The van der Waals surface area contributed by atoms with Crippen molar-refractivity contribution in [2.24, 2.45) is 0 Å². The third-order valence-electron chi connectivity index (χ3n) is 3.81. The Hall–Kier alpha value is -0.990. The highest BCUT2D eigenvalue weighted by molar-refractivity contribution is 7.89. The van der Waals surface area contributed by atoms with Crippen LogP contribution in [0.15, 0.2) is 23.1 Å². The molecule has 0 radical (unpaired) electrons. The molecule has 0 aliphatic carbocycles. The van der Waals surface area contributed by atoms with Crippen molar-refractivity contribution in [2.75, 3.05) is 40.3 Å². The first-order chi connectivity index (χ1) is 9.94. The summed E-state index contributed by atoms with van der Waals surface area (Å²) in [6.07, 6.45) is 0. The van der Waals surface area contributed by atoms with Gasteiger partial charge in [-0.1, -0.05) is 12.1 Å². The molecule has 6 nitrogen and oxygen atoms in total. The lowest BCUT2D eigenvalue weighted by Gasteiger charge is -2.32. The van der Waals surface area contributed by atoms with Crippen LogP contribution >= 0.6 is 0 Å². The predicted octanol–water partition coefficient (Wildman–Crippen LogP) is 0.155. The molecule has 118 valence electrons. The second kappa shape index (κ2) is 6.85. The highest BCUT2D eigenvalue weighted by Gasteiger charge is 2.23. The van der Waals surface area contributed by atoms with E-state index in [0.29, 0.717) is 24.5 Å². The van der Waals surface area contributed by atoms with Crippen molar-refractivity contribution in [3.63, 3.8) is 0 Å². The molecule has 0 bridgehead atoms. The molecule has 1 aromatic carbocycles. The first-order valence-corrected chi connectivity index (χ1v) is 8.61. The molecule has 1 saturated heterocycles. The van der Waals surface area contributed by atoms with Gasteiger partial charge in [0, 0.05) is 32.7 Å². The van der Waals surface area contributed by atoms with Crippen LogP contribution in [-0.2, 0) is 16.6 Å². The van der Waals surface area contributed by atoms with Crippen LogP contribution in [0.3, 0.4) is 0 Å². The van der Waals surface area contributed by atoms with Crippen LogP contribution in [0, 0.1) is 6.92 Å². The Bertz CT molecular complexity index is 581. The fraction of sp³-hybridized carbons (Fsp3) is 0.571. The van der Waals surface area contributed by atoms with E-state index < -0.39 is 10.0 Å². The average Bonchev–Trinajstić information content (AvgIpc) is 2.43. The molecule has 0 amide bonds. The largest absolute Gasteiger partial charge is 0.316 e. The van der Waals surface area contributed by atoms with Gasteiger partial charge in [-0.3, -0.25) is 0 Å². The Morgan fingerprint density at radius 1 is 1.19 bits per heavy atom. The second-order valence-electron chi connectivity index (χ2n) is 5.46. The highest BCUT2D eigenvalue weighted by Crippen LogP contribution is 2.19. The number of hydrazine groups is 1. The van der Waals surface area contributed by atoms with E-state index >= 15 is 0 Å². The zero-order valence-electron chi connectivity index (χ0n) is 12.9. The smallest absolute Gasteiger partial charge is 0.253 e. The Labute approximate surface area is 127 Å². The summed E-state index contributed by atoms with van der Waals surface area (Å²) in [6.45, 7) is 5.63. The standard InChI is InChI=1S/C14H24N4O2S/c1-12-13(11-15-2)5-4-6-14(12)21(19,20)16-18-9-7-17(3)8-10-18/h4-6,15-16H,7-11H2,1-3H3. The van der Waals surface area contributed by atoms with Crippen molar-refractivity contribution in [2.45, 2.75) is 18.4 Å². The zero-order valence-corrected chi connectivity index (χ0v) is 13.7. The number of nitrogens with one attached hydrogen (secondary N) is 2. The van der Waals surface area contributed by atoms with Crippen LogP contribution in [0.2, 0.25) is 0 Å². The summed E-state index contributed by atoms with van der Waals surface area (Å²) in [4.78, 5) is 5.24. The van der Waals surface area contributed by atoms with E-state index in [1.807, 2.05) is 27.1 Å². The van der Waals surface area contributed by atoms with Gasteiger partial charge in [0.15, 0.2) is 0 Å². The van der Waals surface area contributed by atoms with E-state index in [-0.39, 0.29) is 0 Å². The molecule has 0 saturated carbocycles. The van der Waals surface area contributed by atoms with E-state index in [1.165, 1.54) is 0 Å². The van der Waals surface area contributed by atoms with Gasteiger partial charge in [0.2, 0.25) is 0 Å². The van der Waals surface area contributed by atoms with Gasteiger partial charge in [0.25, 0.3) is 10.0 Å². The monoisotopic (exact) mass is 312 g/mol. The Balaban J connectivity index is 2.18. The summed E-state index contributed by atoms with van der Waals surface area (Å²) in [5, 5.41) is 4.84. The van der Waals surface area contributed by atoms with E-state index in [0.717, 1.165) is 24.2 Å². The number of piperazine rings is 1. The van der Waals surface area contributed by atoms with E-state index in [2.05, 4.69) is 15.0 Å². The maximum atomic E-state index is 12.6. The maximum Gasteiger partial charge on any atom is 0.253 e. The van der Waals surface area contributed by atoms with Crippen molar-refractivity contribution in [1.82, 2.24) is 20.1 Å². The van der Waals surface area contributed by atoms with Gasteiger partial charge in [-0.15, -0.1) is 4.83 Å². The Kier molecular flexibility index (Phi) is 5.34. The lowest BCUT2D eigenvalue weighted by molar-refractivity contribution is 0.135. The summed E-state index contributed by atoms with van der Waals surface area (Å²) in [5.41, 5.74) is 1.80. The van der Waals surface area contributed by atoms with Gasteiger partial charge in [-0.2, -0.15) is 0 Å². The molecule has 2 N–H and O–H groups in total. The van der Waals surface area contributed by atoms with E-state index in [4.69, 9.17) is 0 Å². The quantitative estimate of drug-likeness (QED) is 0.811. The van der Waals surface area contributed by atoms with E-state index in [9.17, 15) is 8.42 Å². The molecule has 7 heteroatoms. The molecule has 1 fully saturated rings. The lowest BCUT2D eigenvalue weighted by atomic mass is 10.1. The SMILES string of the molecule is CNCc1cccc(S(=O)(=O)NN2CCN(C)CC2)c1C. The first-order valence-electron chi connectivity index (χ1n) is 7.13. The molecule has 1 aliphatic rings. The normalized spacial score (nSPS) is 18.0. The van der Waals surface area contributed by atoms with Crippen molar-refractivity contribution >= 4 is 10.0 Å². The van der Waals surface area contributed by atoms with Gasteiger partial charge in [0.1, 0.15) is 0 Å². The molecular weight excluding hydrogens is 288 g/mol. The van der Waals surface area contributed by atoms with Gasteiger partial charge < -0.3 is 10.2 Å². The van der Waals surface area contributed by atoms with Crippen molar-refractivity contribution in [3.05, 3.63) is 29.3 Å². The number of hydrogen-bond acceptors (Lipinski definition) is 5. The van der Waals surface area contributed by atoms with E-state index in [1.54, 1.807) is 17.1 Å². The Morgan fingerprint density at radius 2 is 1.86 bits per heavy atom.